The number of benzene rings is 2. The van der Waals surface area contributed by atoms with Crippen molar-refractivity contribution in [1.29, 1.82) is 0 Å². The second kappa shape index (κ2) is 8.41. The maximum Gasteiger partial charge on any atom is 0.405 e. The standard InChI is InChI=1S/C27H37NO3/c1-17(2)19-11-10-12-20(15-19)27(9,28-24(30)31)16-18-13-21(25(3,4)5)23(29)22(14-18)26(6,7)8/h10-15,28-29H,1,16H2,2-9H3,(H,30,31). The molecule has 0 fully saturated rings. The van der Waals surface area contributed by atoms with Crippen LogP contribution in [-0.2, 0) is 22.8 Å². The van der Waals surface area contributed by atoms with E-state index in [1.807, 2.05) is 50.2 Å². The Morgan fingerprint density at radius 2 is 1.48 bits per heavy atom. The van der Waals surface area contributed by atoms with Crippen molar-refractivity contribution in [1.82, 2.24) is 5.32 Å². The molecule has 0 spiro atoms. The molecule has 4 nitrogen and oxygen atoms in total. The predicted octanol–water partition coefficient (Wildman–Crippen LogP) is 6.75. The first-order valence-electron chi connectivity index (χ1n) is 10.7. The molecule has 1 amide bonds. The first-order chi connectivity index (χ1) is 14.0. The Hall–Kier alpha value is -2.75. The average Bonchev–Trinajstić information content (AvgIpc) is 2.60. The number of nitrogens with one attached hydrogen (secondary N) is 1. The number of rotatable bonds is 5. The second-order valence-corrected chi connectivity index (χ2v) is 10.8. The third kappa shape index (κ3) is 5.69. The molecule has 4 heteroatoms. The van der Waals surface area contributed by atoms with Gasteiger partial charge in [0.2, 0.25) is 0 Å². The summed E-state index contributed by atoms with van der Waals surface area (Å²) in [4.78, 5) is 11.7. The van der Waals surface area contributed by atoms with E-state index in [2.05, 4.69) is 53.4 Å². The van der Waals surface area contributed by atoms with E-state index in [0.29, 0.717) is 12.2 Å². The highest BCUT2D eigenvalue weighted by Gasteiger charge is 2.32. The Morgan fingerprint density at radius 1 is 0.968 bits per heavy atom. The zero-order valence-electron chi connectivity index (χ0n) is 20.2. The highest BCUT2D eigenvalue weighted by molar-refractivity contribution is 5.67. The van der Waals surface area contributed by atoms with E-state index in [1.165, 1.54) is 0 Å². The predicted molar refractivity (Wildman–Crippen MR) is 129 cm³/mol. The lowest BCUT2D eigenvalue weighted by molar-refractivity contribution is 0.179. The SMILES string of the molecule is C=C(C)c1cccc(C(C)(Cc2cc(C(C)(C)C)c(O)c(C(C)(C)C)c2)NC(=O)O)c1. The first kappa shape index (κ1) is 24.5. The van der Waals surface area contributed by atoms with E-state index in [9.17, 15) is 15.0 Å². The summed E-state index contributed by atoms with van der Waals surface area (Å²) in [6.07, 6.45) is -0.625. The smallest absolute Gasteiger partial charge is 0.405 e. The molecule has 0 aliphatic heterocycles. The van der Waals surface area contributed by atoms with Crippen molar-refractivity contribution in [2.75, 3.05) is 0 Å². The summed E-state index contributed by atoms with van der Waals surface area (Å²) in [5.41, 5.74) is 4.13. The van der Waals surface area contributed by atoms with Crippen LogP contribution in [0.5, 0.6) is 5.75 Å². The van der Waals surface area contributed by atoms with Crippen molar-refractivity contribution < 1.29 is 15.0 Å². The van der Waals surface area contributed by atoms with Gasteiger partial charge in [-0.25, -0.2) is 4.79 Å². The molecule has 0 aliphatic rings. The third-order valence-corrected chi connectivity index (χ3v) is 5.72. The molecular formula is C27H37NO3. The minimum absolute atomic E-state index is 0.253. The highest BCUT2D eigenvalue weighted by Crippen LogP contribution is 2.41. The number of amides is 1. The van der Waals surface area contributed by atoms with Gasteiger partial charge in [0.1, 0.15) is 5.75 Å². The lowest BCUT2D eigenvalue weighted by Crippen LogP contribution is -2.44. The minimum Gasteiger partial charge on any atom is -0.507 e. The first-order valence-corrected chi connectivity index (χ1v) is 10.7. The number of carbonyl (C=O) groups is 1. The number of allylic oxidation sites excluding steroid dienone is 1. The van der Waals surface area contributed by atoms with Gasteiger partial charge in [-0.2, -0.15) is 0 Å². The van der Waals surface area contributed by atoms with E-state index >= 15 is 0 Å². The zero-order valence-corrected chi connectivity index (χ0v) is 20.2. The topological polar surface area (TPSA) is 69.6 Å². The highest BCUT2D eigenvalue weighted by atomic mass is 16.4. The maximum atomic E-state index is 11.7. The number of phenols is 1. The van der Waals surface area contributed by atoms with E-state index < -0.39 is 11.6 Å². The van der Waals surface area contributed by atoms with Crippen molar-refractivity contribution in [3.63, 3.8) is 0 Å². The quantitative estimate of drug-likeness (QED) is 0.498. The summed E-state index contributed by atoms with van der Waals surface area (Å²) >= 11 is 0. The molecule has 2 aromatic carbocycles. The van der Waals surface area contributed by atoms with Crippen LogP contribution < -0.4 is 5.32 Å². The van der Waals surface area contributed by atoms with Gasteiger partial charge in [0.25, 0.3) is 0 Å². The van der Waals surface area contributed by atoms with Gasteiger partial charge in [0.05, 0.1) is 5.54 Å². The van der Waals surface area contributed by atoms with Crippen LogP contribution >= 0.6 is 0 Å². The molecule has 0 aliphatic carbocycles. The molecule has 0 bridgehead atoms. The number of phenolic OH excluding ortho intramolecular Hbond substituents is 1. The van der Waals surface area contributed by atoms with Crippen molar-refractivity contribution in [2.45, 2.75) is 78.2 Å². The molecule has 2 aromatic rings. The van der Waals surface area contributed by atoms with Gasteiger partial charge in [0.15, 0.2) is 0 Å². The van der Waals surface area contributed by atoms with E-state index in [0.717, 1.165) is 33.4 Å². The van der Waals surface area contributed by atoms with Crippen molar-refractivity contribution in [2.24, 2.45) is 0 Å². The van der Waals surface area contributed by atoms with Gasteiger partial charge >= 0.3 is 6.09 Å². The van der Waals surface area contributed by atoms with E-state index in [-0.39, 0.29) is 10.8 Å². The van der Waals surface area contributed by atoms with Gasteiger partial charge in [0, 0.05) is 0 Å². The van der Waals surface area contributed by atoms with Gasteiger partial charge in [-0.3, -0.25) is 0 Å². The maximum absolute atomic E-state index is 11.7. The van der Waals surface area contributed by atoms with Gasteiger partial charge < -0.3 is 15.5 Å². The number of aromatic hydroxyl groups is 1. The lowest BCUT2D eigenvalue weighted by atomic mass is 9.76. The van der Waals surface area contributed by atoms with Crippen LogP contribution in [0.15, 0.2) is 43.0 Å². The Balaban J connectivity index is 2.68. The van der Waals surface area contributed by atoms with E-state index in [1.54, 1.807) is 0 Å². The Kier molecular flexibility index (Phi) is 6.65. The van der Waals surface area contributed by atoms with Crippen LogP contribution in [-0.4, -0.2) is 16.3 Å². The fourth-order valence-electron chi connectivity index (χ4n) is 3.93. The molecule has 0 heterocycles. The molecule has 0 saturated carbocycles. The second-order valence-electron chi connectivity index (χ2n) is 10.8. The van der Waals surface area contributed by atoms with Crippen molar-refractivity contribution in [3.05, 3.63) is 70.8 Å². The fraction of sp³-hybridized carbons (Fsp3) is 0.444. The lowest BCUT2D eigenvalue weighted by Gasteiger charge is -2.33. The monoisotopic (exact) mass is 423 g/mol. The molecule has 2 rings (SSSR count). The average molecular weight is 424 g/mol. The molecule has 0 saturated heterocycles. The molecule has 168 valence electrons. The summed E-state index contributed by atoms with van der Waals surface area (Å²) in [6, 6.07) is 11.9. The van der Waals surface area contributed by atoms with Crippen LogP contribution in [0.25, 0.3) is 5.57 Å². The van der Waals surface area contributed by atoms with Crippen LogP contribution in [0.3, 0.4) is 0 Å². The van der Waals surface area contributed by atoms with Crippen LogP contribution in [0.1, 0.15) is 83.2 Å². The summed E-state index contributed by atoms with van der Waals surface area (Å²) in [6.45, 7) is 20.3. The zero-order chi connectivity index (χ0) is 23.8. The van der Waals surface area contributed by atoms with Crippen molar-refractivity contribution in [3.8, 4) is 5.75 Å². The molecule has 31 heavy (non-hydrogen) atoms. The van der Waals surface area contributed by atoms with Gasteiger partial charge in [-0.05, 0) is 65.0 Å². The molecule has 1 unspecified atom stereocenters. The fourth-order valence-corrected chi connectivity index (χ4v) is 3.93. The number of hydrogen-bond acceptors (Lipinski definition) is 2. The molecule has 0 aromatic heterocycles. The summed E-state index contributed by atoms with van der Waals surface area (Å²) in [5.74, 6) is 0.320. The number of hydrogen-bond donors (Lipinski definition) is 3. The van der Waals surface area contributed by atoms with E-state index in [4.69, 9.17) is 0 Å². The largest absolute Gasteiger partial charge is 0.507 e. The van der Waals surface area contributed by atoms with Crippen LogP contribution in [0, 0.1) is 0 Å². The minimum atomic E-state index is -1.07. The Labute approximate surface area is 187 Å². The molecule has 0 radical (unpaired) electrons. The van der Waals surface area contributed by atoms with Crippen LogP contribution in [0.4, 0.5) is 4.79 Å². The number of carboxylic acid groups (broad SMARTS) is 1. The summed E-state index contributed by atoms with van der Waals surface area (Å²) < 4.78 is 0. The Morgan fingerprint density at radius 3 is 1.90 bits per heavy atom. The van der Waals surface area contributed by atoms with Crippen LogP contribution in [0.2, 0.25) is 0 Å². The summed E-state index contributed by atoms with van der Waals surface area (Å²) in [7, 11) is 0. The Bertz CT molecular complexity index is 957. The van der Waals surface area contributed by atoms with Gasteiger partial charge in [-0.1, -0.05) is 84.0 Å². The van der Waals surface area contributed by atoms with Gasteiger partial charge in [-0.15, -0.1) is 0 Å². The van der Waals surface area contributed by atoms with Crippen molar-refractivity contribution >= 4 is 11.7 Å². The molecule has 3 N–H and O–H groups in total. The normalized spacial score (nSPS) is 14.1. The molecular weight excluding hydrogens is 386 g/mol. The summed E-state index contributed by atoms with van der Waals surface area (Å²) in [5, 5.41) is 23.4. The third-order valence-electron chi connectivity index (χ3n) is 5.72. The molecule has 1 atom stereocenters.